The van der Waals surface area contributed by atoms with E-state index in [0.29, 0.717) is 17.9 Å². The second-order valence-electron chi connectivity index (χ2n) is 3.95. The smallest absolute Gasteiger partial charge is 0.198 e. The lowest BCUT2D eigenvalue weighted by Gasteiger charge is -2.11. The Kier molecular flexibility index (Phi) is 4.71. The van der Waals surface area contributed by atoms with E-state index in [1.54, 1.807) is 25.2 Å². The zero-order chi connectivity index (χ0) is 13.8. The van der Waals surface area contributed by atoms with E-state index in [0.717, 1.165) is 3.57 Å². The van der Waals surface area contributed by atoms with Crippen molar-refractivity contribution in [1.82, 2.24) is 5.32 Å². The summed E-state index contributed by atoms with van der Waals surface area (Å²) in [5.41, 5.74) is 0.535. The molecule has 0 saturated carbocycles. The number of benzene rings is 2. The minimum atomic E-state index is -0.704. The van der Waals surface area contributed by atoms with E-state index in [2.05, 4.69) is 27.9 Å². The fourth-order valence-electron chi connectivity index (χ4n) is 1.65. The molecule has 0 aliphatic rings. The highest BCUT2D eigenvalue weighted by Gasteiger charge is 2.14. The average molecular weight is 375 g/mol. The minimum Gasteiger partial charge on any atom is -0.450 e. The van der Waals surface area contributed by atoms with Crippen LogP contribution < -0.4 is 10.1 Å². The van der Waals surface area contributed by atoms with Gasteiger partial charge in [0.15, 0.2) is 17.4 Å². The van der Waals surface area contributed by atoms with E-state index in [1.165, 1.54) is 12.1 Å². The second-order valence-corrected chi connectivity index (χ2v) is 5.11. The van der Waals surface area contributed by atoms with Crippen LogP contribution >= 0.6 is 22.6 Å². The van der Waals surface area contributed by atoms with Gasteiger partial charge in [-0.3, -0.25) is 0 Å². The van der Waals surface area contributed by atoms with Crippen molar-refractivity contribution in [2.75, 3.05) is 7.05 Å². The number of hydrogen-bond acceptors (Lipinski definition) is 2. The zero-order valence-corrected chi connectivity index (χ0v) is 12.4. The maximum absolute atomic E-state index is 13.9. The Morgan fingerprint density at radius 1 is 1.16 bits per heavy atom. The van der Waals surface area contributed by atoms with Crippen molar-refractivity contribution in [2.24, 2.45) is 0 Å². The standard InChI is InChI=1S/C14H12F2INO/c1-18-8-9-6-10(15)14(11(16)7-9)19-13-5-3-2-4-12(13)17/h2-7,18H,8H2,1H3. The van der Waals surface area contributed by atoms with Gasteiger partial charge in [-0.2, -0.15) is 0 Å². The highest BCUT2D eigenvalue weighted by molar-refractivity contribution is 14.1. The lowest BCUT2D eigenvalue weighted by atomic mass is 10.2. The number of hydrogen-bond donors (Lipinski definition) is 1. The van der Waals surface area contributed by atoms with Gasteiger partial charge >= 0.3 is 0 Å². The summed E-state index contributed by atoms with van der Waals surface area (Å²) in [6.07, 6.45) is 0. The van der Waals surface area contributed by atoms with Crippen LogP contribution in [-0.2, 0) is 6.54 Å². The summed E-state index contributed by atoms with van der Waals surface area (Å²) in [6.45, 7) is 0.400. The van der Waals surface area contributed by atoms with Gasteiger partial charge in [0.2, 0.25) is 0 Å². The molecule has 2 nitrogen and oxygen atoms in total. The SMILES string of the molecule is CNCc1cc(F)c(Oc2ccccc2I)c(F)c1. The van der Waals surface area contributed by atoms with Crippen LogP contribution in [0.1, 0.15) is 5.56 Å². The van der Waals surface area contributed by atoms with Crippen LogP contribution in [0.15, 0.2) is 36.4 Å². The lowest BCUT2D eigenvalue weighted by molar-refractivity contribution is 0.404. The highest BCUT2D eigenvalue weighted by Crippen LogP contribution is 2.31. The molecule has 0 aliphatic heterocycles. The molecule has 100 valence electrons. The van der Waals surface area contributed by atoms with Crippen LogP contribution in [0.5, 0.6) is 11.5 Å². The Balaban J connectivity index is 2.33. The molecule has 0 unspecified atom stereocenters. The van der Waals surface area contributed by atoms with Crippen LogP contribution in [0.3, 0.4) is 0 Å². The van der Waals surface area contributed by atoms with Crippen LogP contribution in [0, 0.1) is 15.2 Å². The van der Waals surface area contributed by atoms with Crippen molar-refractivity contribution < 1.29 is 13.5 Å². The molecule has 0 aliphatic carbocycles. The van der Waals surface area contributed by atoms with Gasteiger partial charge in [-0.05, 0) is 59.5 Å². The lowest BCUT2D eigenvalue weighted by Crippen LogP contribution is -2.06. The van der Waals surface area contributed by atoms with E-state index >= 15 is 0 Å². The molecule has 0 saturated heterocycles. The molecule has 0 bridgehead atoms. The largest absolute Gasteiger partial charge is 0.450 e. The Bertz CT molecular complexity index is 566. The van der Waals surface area contributed by atoms with Crippen molar-refractivity contribution in [2.45, 2.75) is 6.54 Å². The first-order chi connectivity index (χ1) is 9.11. The molecule has 0 radical (unpaired) electrons. The molecule has 0 aromatic heterocycles. The van der Waals surface area contributed by atoms with Gasteiger partial charge in [0.25, 0.3) is 0 Å². The van der Waals surface area contributed by atoms with E-state index < -0.39 is 11.6 Å². The van der Waals surface area contributed by atoms with Gasteiger partial charge in [0.1, 0.15) is 5.75 Å². The Hall–Kier alpha value is -1.21. The van der Waals surface area contributed by atoms with Crippen molar-refractivity contribution in [1.29, 1.82) is 0 Å². The first-order valence-corrected chi connectivity index (χ1v) is 6.74. The number of nitrogens with one attached hydrogen (secondary N) is 1. The summed E-state index contributed by atoms with van der Waals surface area (Å²) in [5, 5.41) is 2.84. The first kappa shape index (κ1) is 14.2. The number of halogens is 3. The topological polar surface area (TPSA) is 21.3 Å². The van der Waals surface area contributed by atoms with Gasteiger partial charge in [-0.25, -0.2) is 8.78 Å². The predicted molar refractivity (Wildman–Crippen MR) is 78.4 cm³/mol. The predicted octanol–water partition coefficient (Wildman–Crippen LogP) is 4.08. The normalized spacial score (nSPS) is 10.5. The molecule has 2 aromatic carbocycles. The molecule has 0 amide bonds. The van der Waals surface area contributed by atoms with Crippen LogP contribution in [0.2, 0.25) is 0 Å². The van der Waals surface area contributed by atoms with Crippen molar-refractivity contribution in [3.05, 3.63) is 57.2 Å². The number of rotatable bonds is 4. The number of ether oxygens (including phenoxy) is 1. The van der Waals surface area contributed by atoms with E-state index in [9.17, 15) is 8.78 Å². The minimum absolute atomic E-state index is 0.371. The maximum atomic E-state index is 13.9. The zero-order valence-electron chi connectivity index (χ0n) is 10.2. The average Bonchev–Trinajstić information content (AvgIpc) is 2.36. The van der Waals surface area contributed by atoms with E-state index in [1.807, 2.05) is 6.07 Å². The van der Waals surface area contributed by atoms with Gasteiger partial charge < -0.3 is 10.1 Å². The summed E-state index contributed by atoms with van der Waals surface area (Å²) in [7, 11) is 1.71. The third kappa shape index (κ3) is 3.42. The van der Waals surface area contributed by atoms with Crippen molar-refractivity contribution >= 4 is 22.6 Å². The molecule has 1 N–H and O–H groups in total. The van der Waals surface area contributed by atoms with Gasteiger partial charge in [0.05, 0.1) is 3.57 Å². The fraction of sp³-hybridized carbons (Fsp3) is 0.143. The molecular weight excluding hydrogens is 363 g/mol. The fourth-order valence-corrected chi connectivity index (χ4v) is 2.15. The molecule has 2 rings (SSSR count). The van der Waals surface area contributed by atoms with Gasteiger partial charge in [-0.1, -0.05) is 12.1 Å². The summed E-state index contributed by atoms with van der Waals surface area (Å²) in [4.78, 5) is 0. The third-order valence-corrected chi connectivity index (χ3v) is 3.38. The highest BCUT2D eigenvalue weighted by atomic mass is 127. The third-order valence-electron chi connectivity index (χ3n) is 2.49. The summed E-state index contributed by atoms with van der Waals surface area (Å²) in [5.74, 6) is -1.35. The molecule has 0 heterocycles. The maximum Gasteiger partial charge on any atom is 0.198 e. The molecule has 0 spiro atoms. The molecule has 19 heavy (non-hydrogen) atoms. The first-order valence-electron chi connectivity index (χ1n) is 5.66. The van der Waals surface area contributed by atoms with Crippen LogP contribution in [0.4, 0.5) is 8.78 Å². The summed E-state index contributed by atoms with van der Waals surface area (Å²) < 4.78 is 33.8. The molecule has 5 heteroatoms. The molecule has 0 fully saturated rings. The summed E-state index contributed by atoms with van der Waals surface area (Å²) >= 11 is 2.05. The van der Waals surface area contributed by atoms with E-state index in [4.69, 9.17) is 4.74 Å². The van der Waals surface area contributed by atoms with E-state index in [-0.39, 0.29) is 5.75 Å². The van der Waals surface area contributed by atoms with Crippen LogP contribution in [-0.4, -0.2) is 7.05 Å². The second kappa shape index (κ2) is 6.29. The number of para-hydroxylation sites is 1. The van der Waals surface area contributed by atoms with Crippen molar-refractivity contribution in [3.8, 4) is 11.5 Å². The summed E-state index contributed by atoms with van der Waals surface area (Å²) in [6, 6.07) is 9.60. The quantitative estimate of drug-likeness (QED) is 0.814. The Labute approximate surface area is 123 Å². The van der Waals surface area contributed by atoms with Gasteiger partial charge in [0, 0.05) is 6.54 Å². The molecule has 2 aromatic rings. The molecule has 0 atom stereocenters. The molecular formula is C14H12F2INO. The monoisotopic (exact) mass is 375 g/mol. The Morgan fingerprint density at radius 3 is 2.37 bits per heavy atom. The Morgan fingerprint density at radius 2 is 1.79 bits per heavy atom. The van der Waals surface area contributed by atoms with Crippen molar-refractivity contribution in [3.63, 3.8) is 0 Å². The van der Waals surface area contributed by atoms with Gasteiger partial charge in [-0.15, -0.1) is 0 Å². The van der Waals surface area contributed by atoms with Crippen LogP contribution in [0.25, 0.3) is 0 Å².